The Morgan fingerprint density at radius 3 is 2.59 bits per heavy atom. The van der Waals surface area contributed by atoms with Crippen LogP contribution in [0.4, 0.5) is 0 Å². The molecule has 2 amide bonds. The number of nitrogens with zero attached hydrogens (tertiary/aromatic N) is 2. The van der Waals surface area contributed by atoms with Gasteiger partial charge in [-0.05, 0) is 37.2 Å². The van der Waals surface area contributed by atoms with Gasteiger partial charge in [-0.15, -0.1) is 0 Å². The topological polar surface area (TPSA) is 87.5 Å². The second-order valence-electron chi connectivity index (χ2n) is 8.08. The highest BCUT2D eigenvalue weighted by Crippen LogP contribution is 2.35. The maximum Gasteiger partial charge on any atom is 0.273 e. The monoisotopic (exact) mass is 396 g/mol. The number of carbonyl (C=O) groups excluding carboxylic acids is 2. The molecular weight excluding hydrogens is 368 g/mol. The van der Waals surface area contributed by atoms with Crippen LogP contribution in [0.25, 0.3) is 0 Å². The van der Waals surface area contributed by atoms with Gasteiger partial charge in [-0.2, -0.15) is 0 Å². The van der Waals surface area contributed by atoms with E-state index in [1.165, 1.54) is 25.5 Å². The molecule has 4 rings (SSSR count). The summed E-state index contributed by atoms with van der Waals surface area (Å²) in [7, 11) is 0. The van der Waals surface area contributed by atoms with Crippen LogP contribution in [-0.4, -0.2) is 46.9 Å². The average molecular weight is 396 g/mol. The highest BCUT2D eigenvalue weighted by molar-refractivity contribution is 5.91. The first-order valence-electron chi connectivity index (χ1n) is 10.4. The van der Waals surface area contributed by atoms with Crippen molar-refractivity contribution < 1.29 is 14.0 Å². The third kappa shape index (κ3) is 5.44. The Morgan fingerprint density at radius 2 is 1.86 bits per heavy atom. The number of hydrogen-bond acceptors (Lipinski definition) is 5. The zero-order valence-electron chi connectivity index (χ0n) is 16.5. The van der Waals surface area contributed by atoms with Crippen molar-refractivity contribution in [3.63, 3.8) is 0 Å². The van der Waals surface area contributed by atoms with Crippen LogP contribution in [0, 0.1) is 5.92 Å². The third-order valence-corrected chi connectivity index (χ3v) is 5.85. The Bertz CT molecular complexity index is 805. The first-order valence-corrected chi connectivity index (χ1v) is 10.4. The molecule has 2 fully saturated rings. The molecular formula is C22H28N4O3. The summed E-state index contributed by atoms with van der Waals surface area (Å²) in [6, 6.07) is 10.5. The van der Waals surface area contributed by atoms with E-state index in [1.807, 2.05) is 30.3 Å². The van der Waals surface area contributed by atoms with Gasteiger partial charge in [-0.1, -0.05) is 30.3 Å². The highest BCUT2D eigenvalue weighted by atomic mass is 16.3. The van der Waals surface area contributed by atoms with Crippen LogP contribution in [0.1, 0.15) is 48.2 Å². The second-order valence-corrected chi connectivity index (χ2v) is 8.08. The Balaban J connectivity index is 1.29. The molecule has 0 bridgehead atoms. The number of carbonyl (C=O) groups is 2. The molecule has 1 aromatic carbocycles. The Morgan fingerprint density at radius 1 is 1.07 bits per heavy atom. The predicted molar refractivity (Wildman–Crippen MR) is 108 cm³/mol. The van der Waals surface area contributed by atoms with Gasteiger partial charge >= 0.3 is 0 Å². The molecule has 1 aliphatic carbocycles. The normalized spacial score (nSPS) is 21.8. The van der Waals surface area contributed by atoms with E-state index in [-0.39, 0.29) is 23.9 Å². The maximum atomic E-state index is 12.5. The molecule has 0 radical (unpaired) electrons. The molecule has 2 heterocycles. The van der Waals surface area contributed by atoms with Crippen LogP contribution >= 0.6 is 0 Å². The minimum atomic E-state index is -0.214. The minimum absolute atomic E-state index is 0.0898. The lowest BCUT2D eigenvalue weighted by Gasteiger charge is -2.30. The minimum Gasteiger partial charge on any atom is -0.451 e. The largest absolute Gasteiger partial charge is 0.451 e. The van der Waals surface area contributed by atoms with Gasteiger partial charge < -0.3 is 15.1 Å². The summed E-state index contributed by atoms with van der Waals surface area (Å²) in [5.41, 5.74) is 1.41. The Kier molecular flexibility index (Phi) is 6.24. The van der Waals surface area contributed by atoms with Crippen LogP contribution in [0.3, 0.4) is 0 Å². The number of rotatable bonds is 9. The van der Waals surface area contributed by atoms with Crippen molar-refractivity contribution in [3.8, 4) is 0 Å². The molecule has 1 aliphatic heterocycles. The molecule has 2 aromatic rings. The van der Waals surface area contributed by atoms with E-state index < -0.39 is 0 Å². The average Bonchev–Trinajstić information content (AvgIpc) is 3.23. The second kappa shape index (κ2) is 9.22. The summed E-state index contributed by atoms with van der Waals surface area (Å²) in [5.74, 6) is 0.609. The van der Waals surface area contributed by atoms with Gasteiger partial charge in [0.1, 0.15) is 6.26 Å². The highest BCUT2D eigenvalue weighted by Gasteiger charge is 2.38. The molecule has 7 heteroatoms. The van der Waals surface area contributed by atoms with E-state index in [2.05, 4.69) is 20.5 Å². The molecule has 0 unspecified atom stereocenters. The molecule has 1 saturated carbocycles. The fourth-order valence-corrected chi connectivity index (χ4v) is 4.06. The van der Waals surface area contributed by atoms with Crippen molar-refractivity contribution in [1.82, 2.24) is 20.5 Å². The van der Waals surface area contributed by atoms with E-state index in [0.717, 1.165) is 30.9 Å². The van der Waals surface area contributed by atoms with Gasteiger partial charge in [0.05, 0.1) is 0 Å². The van der Waals surface area contributed by atoms with Crippen LogP contribution in [0.5, 0.6) is 0 Å². The molecule has 0 spiro atoms. The van der Waals surface area contributed by atoms with Gasteiger partial charge in [0.15, 0.2) is 12.1 Å². The SMILES string of the molecule is O=C(C[C@H]1CC[C@@H](CNC(=O)c2cocn2)N1CC1CC1)NCc1ccccc1. The lowest BCUT2D eigenvalue weighted by atomic mass is 10.1. The molecule has 29 heavy (non-hydrogen) atoms. The lowest BCUT2D eigenvalue weighted by molar-refractivity contribution is -0.122. The summed E-state index contributed by atoms with van der Waals surface area (Å²) in [6.07, 6.45) is 7.62. The molecule has 2 atom stereocenters. The molecule has 2 aliphatic rings. The fraction of sp³-hybridized carbons (Fsp3) is 0.500. The number of oxazole rings is 1. The van der Waals surface area contributed by atoms with E-state index in [4.69, 9.17) is 4.42 Å². The van der Waals surface area contributed by atoms with E-state index >= 15 is 0 Å². The summed E-state index contributed by atoms with van der Waals surface area (Å²) in [4.78, 5) is 31.0. The van der Waals surface area contributed by atoms with Crippen LogP contribution < -0.4 is 10.6 Å². The zero-order chi connectivity index (χ0) is 20.1. The number of amides is 2. The van der Waals surface area contributed by atoms with Gasteiger partial charge in [0.2, 0.25) is 5.91 Å². The Hall–Kier alpha value is -2.67. The van der Waals surface area contributed by atoms with Gasteiger partial charge in [-0.3, -0.25) is 14.5 Å². The summed E-state index contributed by atoms with van der Waals surface area (Å²) in [6.45, 7) is 2.15. The summed E-state index contributed by atoms with van der Waals surface area (Å²) in [5, 5.41) is 6.01. The number of nitrogens with one attached hydrogen (secondary N) is 2. The molecule has 7 nitrogen and oxygen atoms in total. The fourth-order valence-electron chi connectivity index (χ4n) is 4.06. The quantitative estimate of drug-likeness (QED) is 0.679. The van der Waals surface area contributed by atoms with Crippen molar-refractivity contribution >= 4 is 11.8 Å². The maximum absolute atomic E-state index is 12.5. The Labute approximate surface area is 170 Å². The number of aromatic nitrogens is 1. The van der Waals surface area contributed by atoms with Crippen molar-refractivity contribution in [3.05, 3.63) is 54.2 Å². The summed E-state index contributed by atoms with van der Waals surface area (Å²) < 4.78 is 4.88. The summed E-state index contributed by atoms with van der Waals surface area (Å²) >= 11 is 0. The molecule has 2 N–H and O–H groups in total. The number of hydrogen-bond donors (Lipinski definition) is 2. The van der Waals surface area contributed by atoms with Gasteiger partial charge in [0.25, 0.3) is 5.91 Å². The van der Waals surface area contributed by atoms with Gasteiger partial charge in [0, 0.05) is 38.1 Å². The van der Waals surface area contributed by atoms with Crippen molar-refractivity contribution in [2.24, 2.45) is 5.92 Å². The third-order valence-electron chi connectivity index (χ3n) is 5.85. The first-order chi connectivity index (χ1) is 14.2. The molecule has 1 saturated heterocycles. The standard InChI is InChI=1S/C22H28N4O3/c27-21(23-11-16-4-2-1-3-5-16)10-18-8-9-19(26(18)13-17-6-7-17)12-24-22(28)20-14-29-15-25-20/h1-5,14-15,17-19H,6-13H2,(H,23,27)(H,24,28)/t18-,19+/m1/s1. The van der Waals surface area contributed by atoms with Crippen LogP contribution in [-0.2, 0) is 11.3 Å². The van der Waals surface area contributed by atoms with Crippen molar-refractivity contribution in [1.29, 1.82) is 0 Å². The zero-order valence-corrected chi connectivity index (χ0v) is 16.5. The van der Waals surface area contributed by atoms with Gasteiger partial charge in [-0.25, -0.2) is 4.98 Å². The predicted octanol–water partition coefficient (Wildman–Crippen LogP) is 2.35. The molecule has 154 valence electrons. The van der Waals surface area contributed by atoms with Crippen LogP contribution in [0.2, 0.25) is 0 Å². The smallest absolute Gasteiger partial charge is 0.273 e. The molecule has 1 aromatic heterocycles. The van der Waals surface area contributed by atoms with Crippen molar-refractivity contribution in [2.75, 3.05) is 13.1 Å². The van der Waals surface area contributed by atoms with Crippen molar-refractivity contribution in [2.45, 2.75) is 50.7 Å². The van der Waals surface area contributed by atoms with E-state index in [1.54, 1.807) is 0 Å². The van der Waals surface area contributed by atoms with E-state index in [0.29, 0.717) is 25.2 Å². The lowest BCUT2D eigenvalue weighted by Crippen LogP contribution is -2.45. The number of likely N-dealkylation sites (tertiary alicyclic amines) is 1. The van der Waals surface area contributed by atoms with E-state index in [9.17, 15) is 9.59 Å². The van der Waals surface area contributed by atoms with Crippen LogP contribution in [0.15, 0.2) is 47.4 Å². The number of benzene rings is 1. The first kappa shape index (κ1) is 19.6.